The van der Waals surface area contributed by atoms with E-state index >= 15 is 0 Å². The van der Waals surface area contributed by atoms with Crippen LogP contribution in [0.25, 0.3) is 22.3 Å². The zero-order chi connectivity index (χ0) is 26.0. The van der Waals surface area contributed by atoms with Crippen molar-refractivity contribution in [3.8, 4) is 11.4 Å². The maximum atomic E-state index is 13.1. The summed E-state index contributed by atoms with van der Waals surface area (Å²) in [5.41, 5.74) is 2.48. The fraction of sp³-hybridized carbons (Fsp3) is 0.308. The average Bonchev–Trinajstić information content (AvgIpc) is 3.40. The van der Waals surface area contributed by atoms with Crippen molar-refractivity contribution >= 4 is 45.7 Å². The number of nitrogens with zero attached hydrogens (tertiary/aromatic N) is 1. The third-order valence-electron chi connectivity index (χ3n) is 5.59. The summed E-state index contributed by atoms with van der Waals surface area (Å²) < 4.78 is 4.58. The van der Waals surface area contributed by atoms with Crippen molar-refractivity contribution in [2.24, 2.45) is 11.3 Å². The molecule has 0 aliphatic heterocycles. The maximum Gasteiger partial charge on any atom is 0.439 e. The molecule has 0 bridgehead atoms. The van der Waals surface area contributed by atoms with Crippen LogP contribution in [0, 0.1) is 11.3 Å². The van der Waals surface area contributed by atoms with Crippen LogP contribution in [0.15, 0.2) is 51.8 Å². The Balaban J connectivity index is 1.54. The molecule has 4 aromatic rings. The molecule has 0 aliphatic rings. The van der Waals surface area contributed by atoms with E-state index in [4.69, 9.17) is 11.6 Å². The molecule has 2 amide bonds. The summed E-state index contributed by atoms with van der Waals surface area (Å²) >= 11 is 6.10. The number of para-hydroxylation sites is 1. The highest BCUT2D eigenvalue weighted by atomic mass is 35.5. The lowest BCUT2D eigenvalue weighted by atomic mass is 9.84. The Kier molecular flexibility index (Phi) is 7.03. The minimum atomic E-state index is -0.722. The highest BCUT2D eigenvalue weighted by molar-refractivity contribution is 6.31. The molecule has 0 saturated carbocycles. The van der Waals surface area contributed by atoms with Gasteiger partial charge in [0.2, 0.25) is 5.91 Å². The molecule has 2 heterocycles. The second-order valence-corrected chi connectivity index (χ2v) is 10.6. The molecule has 0 aliphatic carbocycles. The Morgan fingerprint density at radius 1 is 1.08 bits per heavy atom. The monoisotopic (exact) mass is 509 g/mol. The second-order valence-electron chi connectivity index (χ2n) is 10.2. The number of carbonyl (C=O) groups excluding carboxylic acids is 2. The lowest BCUT2D eigenvalue weighted by Crippen LogP contribution is -2.19. The molecule has 188 valence electrons. The number of rotatable bonds is 7. The topological polar surface area (TPSA) is 133 Å². The van der Waals surface area contributed by atoms with Crippen molar-refractivity contribution in [3.63, 3.8) is 0 Å². The van der Waals surface area contributed by atoms with Gasteiger partial charge in [0.05, 0.1) is 16.9 Å². The van der Waals surface area contributed by atoms with Gasteiger partial charge in [-0.2, -0.15) is 0 Å². The van der Waals surface area contributed by atoms with Gasteiger partial charge in [0.15, 0.2) is 5.82 Å². The number of nitrogens with one attached hydrogen (secondary N) is 4. The minimum Gasteiger partial charge on any atom is -0.349 e. The Morgan fingerprint density at radius 3 is 2.56 bits per heavy atom. The van der Waals surface area contributed by atoms with Crippen LogP contribution in [0.2, 0.25) is 5.02 Å². The fourth-order valence-electron chi connectivity index (χ4n) is 4.37. The highest BCUT2D eigenvalue weighted by Gasteiger charge is 2.20. The number of aromatic amines is 2. The summed E-state index contributed by atoms with van der Waals surface area (Å²) in [6.07, 6.45) is 1.34. The van der Waals surface area contributed by atoms with Gasteiger partial charge in [-0.1, -0.05) is 56.6 Å². The minimum absolute atomic E-state index is 0.0766. The van der Waals surface area contributed by atoms with Crippen LogP contribution < -0.4 is 16.4 Å². The summed E-state index contributed by atoms with van der Waals surface area (Å²) in [6.45, 7) is 8.55. The van der Waals surface area contributed by atoms with Gasteiger partial charge in [0, 0.05) is 22.4 Å². The fourth-order valence-corrected chi connectivity index (χ4v) is 4.55. The third-order valence-corrected chi connectivity index (χ3v) is 5.83. The molecule has 0 fully saturated rings. The van der Waals surface area contributed by atoms with E-state index in [0.29, 0.717) is 39.6 Å². The van der Waals surface area contributed by atoms with Crippen LogP contribution >= 0.6 is 11.6 Å². The lowest BCUT2D eigenvalue weighted by Gasteiger charge is -2.22. The summed E-state index contributed by atoms with van der Waals surface area (Å²) in [7, 11) is 0. The Morgan fingerprint density at radius 2 is 1.86 bits per heavy atom. The van der Waals surface area contributed by atoms with Crippen LogP contribution in [-0.2, 0) is 4.79 Å². The van der Waals surface area contributed by atoms with E-state index in [2.05, 4.69) is 58.0 Å². The number of H-pyrrole nitrogens is 2. The molecule has 2 aromatic carbocycles. The first-order chi connectivity index (χ1) is 17.0. The summed E-state index contributed by atoms with van der Waals surface area (Å²) in [6, 6.07) is 12.0. The molecule has 10 heteroatoms. The van der Waals surface area contributed by atoms with Crippen LogP contribution in [0.1, 0.15) is 51.0 Å². The smallest absolute Gasteiger partial charge is 0.349 e. The second kappa shape index (κ2) is 10.0. The van der Waals surface area contributed by atoms with E-state index < -0.39 is 11.7 Å². The number of hydrogen-bond acceptors (Lipinski definition) is 5. The number of anilines is 2. The van der Waals surface area contributed by atoms with E-state index in [1.807, 2.05) is 12.1 Å². The predicted octanol–water partition coefficient (Wildman–Crippen LogP) is 5.82. The Bertz CT molecular complexity index is 1480. The van der Waals surface area contributed by atoms with Gasteiger partial charge in [-0.25, -0.2) is 4.79 Å². The van der Waals surface area contributed by atoms with E-state index in [1.54, 1.807) is 30.3 Å². The first-order valence-electron chi connectivity index (χ1n) is 11.6. The van der Waals surface area contributed by atoms with E-state index in [0.717, 1.165) is 11.8 Å². The number of halogens is 1. The summed E-state index contributed by atoms with van der Waals surface area (Å²) in [5, 5.41) is 10.6. The van der Waals surface area contributed by atoms with Crippen molar-refractivity contribution in [1.82, 2.24) is 15.1 Å². The van der Waals surface area contributed by atoms with Gasteiger partial charge >= 0.3 is 5.76 Å². The predicted molar refractivity (Wildman–Crippen MR) is 140 cm³/mol. The van der Waals surface area contributed by atoms with Crippen molar-refractivity contribution in [2.45, 2.75) is 40.5 Å². The summed E-state index contributed by atoms with van der Waals surface area (Å²) in [5.74, 6) is -0.841. The molecule has 4 rings (SSSR count). The van der Waals surface area contributed by atoms with Gasteiger partial charge in [0.25, 0.3) is 5.91 Å². The number of fused-ring (bicyclic) bond motifs is 1. The zero-order valence-corrected chi connectivity index (χ0v) is 21.2. The molecule has 1 atom stereocenters. The quantitative estimate of drug-likeness (QED) is 0.249. The maximum absolute atomic E-state index is 13.1. The average molecular weight is 510 g/mol. The Hall–Kier alpha value is -3.85. The number of amides is 2. The van der Waals surface area contributed by atoms with Crippen LogP contribution in [0.3, 0.4) is 0 Å². The Labute approximate surface area is 212 Å². The molecule has 36 heavy (non-hydrogen) atoms. The van der Waals surface area contributed by atoms with Gasteiger partial charge in [-0.05, 0) is 48.1 Å². The largest absolute Gasteiger partial charge is 0.439 e. The van der Waals surface area contributed by atoms with Gasteiger partial charge < -0.3 is 15.6 Å². The number of benzene rings is 2. The normalized spacial score (nSPS) is 12.5. The third kappa shape index (κ3) is 6.04. The number of aromatic nitrogens is 3. The molecule has 0 radical (unpaired) electrons. The van der Waals surface area contributed by atoms with Crippen molar-refractivity contribution in [3.05, 3.63) is 63.7 Å². The molecule has 0 saturated heterocycles. The molecular formula is C26H28ClN5O4. The first-order valence-corrected chi connectivity index (χ1v) is 11.9. The number of carbonyl (C=O) groups is 2. The zero-order valence-electron chi connectivity index (χ0n) is 20.5. The van der Waals surface area contributed by atoms with E-state index in [9.17, 15) is 14.4 Å². The SMILES string of the molecule is CC(CC(=O)Nc1cccc2cc(C(=O)Nc3ccc(Cl)cc3-c3noc(=O)[nH]3)[nH]c12)CC(C)(C)C. The molecular weight excluding hydrogens is 482 g/mol. The van der Waals surface area contributed by atoms with E-state index in [-0.39, 0.29) is 23.1 Å². The van der Waals surface area contributed by atoms with Gasteiger partial charge in [-0.15, -0.1) is 0 Å². The van der Waals surface area contributed by atoms with Crippen molar-refractivity contribution in [1.29, 1.82) is 0 Å². The lowest BCUT2D eigenvalue weighted by molar-refractivity contribution is -0.117. The van der Waals surface area contributed by atoms with Crippen molar-refractivity contribution < 1.29 is 14.1 Å². The van der Waals surface area contributed by atoms with Gasteiger partial charge in [-0.3, -0.25) is 19.1 Å². The summed E-state index contributed by atoms with van der Waals surface area (Å²) in [4.78, 5) is 42.7. The van der Waals surface area contributed by atoms with Crippen LogP contribution in [0.5, 0.6) is 0 Å². The molecule has 4 N–H and O–H groups in total. The standard InChI is InChI=1S/C26H28ClN5O4/c1-14(13-26(2,3)4)10-21(33)28-19-7-5-6-15-11-20(29-22(15)19)24(34)30-18-9-8-16(27)12-17(18)23-31-25(35)36-32-23/h5-9,11-12,14,29H,10,13H2,1-4H3,(H,28,33)(H,30,34)(H,31,32,35). The van der Waals surface area contributed by atoms with Gasteiger partial charge in [0.1, 0.15) is 5.69 Å². The van der Waals surface area contributed by atoms with E-state index in [1.165, 1.54) is 0 Å². The van der Waals surface area contributed by atoms with Crippen LogP contribution in [-0.4, -0.2) is 26.9 Å². The molecule has 0 spiro atoms. The molecule has 1 unspecified atom stereocenters. The van der Waals surface area contributed by atoms with Crippen LogP contribution in [0.4, 0.5) is 11.4 Å². The highest BCUT2D eigenvalue weighted by Crippen LogP contribution is 2.30. The first kappa shape index (κ1) is 25.2. The molecule has 9 nitrogen and oxygen atoms in total. The number of hydrogen-bond donors (Lipinski definition) is 4. The molecule has 2 aromatic heterocycles. The van der Waals surface area contributed by atoms with Crippen molar-refractivity contribution in [2.75, 3.05) is 10.6 Å².